The van der Waals surface area contributed by atoms with E-state index in [1.807, 2.05) is 6.07 Å². The molecule has 0 aromatic carbocycles. The van der Waals surface area contributed by atoms with E-state index in [2.05, 4.69) is 4.98 Å². The molecular weight excluding hydrogens is 190 g/mol. The number of aromatic carboxylic acids is 1. The molecule has 3 heteroatoms. The van der Waals surface area contributed by atoms with Gasteiger partial charge in [-0.3, -0.25) is 4.98 Å². The monoisotopic (exact) mass is 205 g/mol. The van der Waals surface area contributed by atoms with Crippen LogP contribution in [0.15, 0.2) is 18.3 Å². The molecule has 15 heavy (non-hydrogen) atoms. The minimum atomic E-state index is -0.905. The minimum Gasteiger partial charge on any atom is -0.478 e. The van der Waals surface area contributed by atoms with Crippen LogP contribution in [0.4, 0.5) is 0 Å². The van der Waals surface area contributed by atoms with Crippen LogP contribution in [0.3, 0.4) is 0 Å². The summed E-state index contributed by atoms with van der Waals surface area (Å²) in [6.45, 7) is 0. The standard InChI is InChI=1S/C12H15NO2/c14-12(15)10-6-7-11(13-8-10)9-4-2-1-3-5-9/h6-9H,1-5H2,(H,14,15). The summed E-state index contributed by atoms with van der Waals surface area (Å²) in [5.74, 6) is -0.362. The molecule has 1 aliphatic carbocycles. The number of carboxylic acid groups (broad SMARTS) is 1. The molecule has 1 aromatic heterocycles. The van der Waals surface area contributed by atoms with Gasteiger partial charge in [0.2, 0.25) is 0 Å². The third kappa shape index (κ3) is 2.35. The van der Waals surface area contributed by atoms with E-state index in [-0.39, 0.29) is 5.56 Å². The van der Waals surface area contributed by atoms with Crippen molar-refractivity contribution in [2.45, 2.75) is 38.0 Å². The lowest BCUT2D eigenvalue weighted by Gasteiger charge is -2.20. The van der Waals surface area contributed by atoms with Crippen LogP contribution in [-0.2, 0) is 0 Å². The van der Waals surface area contributed by atoms with Crippen LogP contribution in [0.2, 0.25) is 0 Å². The average Bonchev–Trinajstić information content (AvgIpc) is 2.30. The average molecular weight is 205 g/mol. The first-order valence-corrected chi connectivity index (χ1v) is 5.46. The van der Waals surface area contributed by atoms with Gasteiger partial charge in [0.15, 0.2) is 0 Å². The SMILES string of the molecule is O=C(O)c1ccc(C2CCCCC2)nc1. The highest BCUT2D eigenvalue weighted by molar-refractivity contribution is 5.87. The molecular formula is C12H15NO2. The molecule has 1 saturated carbocycles. The molecule has 0 radical (unpaired) electrons. The summed E-state index contributed by atoms with van der Waals surface area (Å²) in [7, 11) is 0. The molecule has 0 aliphatic heterocycles. The highest BCUT2D eigenvalue weighted by Gasteiger charge is 2.16. The molecule has 1 heterocycles. The molecule has 0 bridgehead atoms. The van der Waals surface area contributed by atoms with Gasteiger partial charge in [0.25, 0.3) is 0 Å². The summed E-state index contributed by atoms with van der Waals surface area (Å²) in [5.41, 5.74) is 1.33. The van der Waals surface area contributed by atoms with Crippen LogP contribution >= 0.6 is 0 Å². The Bertz CT molecular complexity index is 339. The fraction of sp³-hybridized carbons (Fsp3) is 0.500. The number of pyridine rings is 1. The summed E-state index contributed by atoms with van der Waals surface area (Å²) >= 11 is 0. The fourth-order valence-corrected chi connectivity index (χ4v) is 2.17. The van der Waals surface area contributed by atoms with Crippen molar-refractivity contribution in [1.82, 2.24) is 4.98 Å². The third-order valence-electron chi connectivity index (χ3n) is 3.06. The maximum Gasteiger partial charge on any atom is 0.337 e. The molecule has 0 saturated heterocycles. The summed E-state index contributed by atoms with van der Waals surface area (Å²) in [6.07, 6.45) is 7.72. The van der Waals surface area contributed by atoms with Gasteiger partial charge in [0.1, 0.15) is 0 Å². The summed E-state index contributed by atoms with van der Waals surface area (Å²) < 4.78 is 0. The van der Waals surface area contributed by atoms with Crippen molar-refractivity contribution in [1.29, 1.82) is 0 Å². The number of rotatable bonds is 2. The van der Waals surface area contributed by atoms with Crippen LogP contribution < -0.4 is 0 Å². The molecule has 1 N–H and O–H groups in total. The van der Waals surface area contributed by atoms with Crippen LogP contribution in [-0.4, -0.2) is 16.1 Å². The van der Waals surface area contributed by atoms with Gasteiger partial charge in [-0.2, -0.15) is 0 Å². The van der Waals surface area contributed by atoms with Gasteiger partial charge in [-0.25, -0.2) is 4.79 Å². The molecule has 3 nitrogen and oxygen atoms in total. The van der Waals surface area contributed by atoms with Crippen molar-refractivity contribution in [3.8, 4) is 0 Å². The predicted molar refractivity (Wildman–Crippen MR) is 57.0 cm³/mol. The maximum absolute atomic E-state index is 10.6. The van der Waals surface area contributed by atoms with Crippen molar-refractivity contribution in [3.63, 3.8) is 0 Å². The van der Waals surface area contributed by atoms with Gasteiger partial charge in [-0.05, 0) is 25.0 Å². The molecule has 2 rings (SSSR count). The highest BCUT2D eigenvalue weighted by atomic mass is 16.4. The Hall–Kier alpha value is -1.38. The van der Waals surface area contributed by atoms with Crippen LogP contribution in [0.5, 0.6) is 0 Å². The van der Waals surface area contributed by atoms with E-state index in [9.17, 15) is 4.79 Å². The van der Waals surface area contributed by atoms with Gasteiger partial charge in [0, 0.05) is 17.8 Å². The lowest BCUT2D eigenvalue weighted by atomic mass is 9.86. The van der Waals surface area contributed by atoms with Crippen molar-refractivity contribution in [2.75, 3.05) is 0 Å². The van der Waals surface area contributed by atoms with Gasteiger partial charge < -0.3 is 5.11 Å². The number of hydrogen-bond donors (Lipinski definition) is 1. The summed E-state index contributed by atoms with van der Waals surface area (Å²) in [4.78, 5) is 14.9. The number of hydrogen-bond acceptors (Lipinski definition) is 2. The normalized spacial score (nSPS) is 17.6. The van der Waals surface area contributed by atoms with E-state index in [4.69, 9.17) is 5.11 Å². The van der Waals surface area contributed by atoms with E-state index >= 15 is 0 Å². The zero-order valence-corrected chi connectivity index (χ0v) is 8.65. The van der Waals surface area contributed by atoms with E-state index in [0.717, 1.165) is 5.69 Å². The van der Waals surface area contributed by atoms with Crippen molar-refractivity contribution >= 4 is 5.97 Å². The van der Waals surface area contributed by atoms with E-state index < -0.39 is 5.97 Å². The Morgan fingerprint density at radius 1 is 1.27 bits per heavy atom. The zero-order valence-electron chi connectivity index (χ0n) is 8.65. The van der Waals surface area contributed by atoms with E-state index in [1.54, 1.807) is 6.07 Å². The van der Waals surface area contributed by atoms with Crippen molar-refractivity contribution in [3.05, 3.63) is 29.6 Å². The minimum absolute atomic E-state index is 0.273. The number of aromatic nitrogens is 1. The smallest absolute Gasteiger partial charge is 0.337 e. The van der Waals surface area contributed by atoms with E-state index in [0.29, 0.717) is 5.92 Å². The van der Waals surface area contributed by atoms with Crippen molar-refractivity contribution < 1.29 is 9.90 Å². The summed E-state index contributed by atoms with van der Waals surface area (Å²) in [6, 6.07) is 3.51. The molecule has 1 fully saturated rings. The van der Waals surface area contributed by atoms with Crippen molar-refractivity contribution in [2.24, 2.45) is 0 Å². The predicted octanol–water partition coefficient (Wildman–Crippen LogP) is 2.83. The van der Waals surface area contributed by atoms with Crippen LogP contribution in [0, 0.1) is 0 Å². The summed E-state index contributed by atoms with van der Waals surface area (Å²) in [5, 5.41) is 8.75. The quantitative estimate of drug-likeness (QED) is 0.807. The molecule has 1 aliphatic rings. The highest BCUT2D eigenvalue weighted by Crippen LogP contribution is 2.31. The lowest BCUT2D eigenvalue weighted by molar-refractivity contribution is 0.0696. The number of carbonyl (C=O) groups is 1. The number of nitrogens with zero attached hydrogens (tertiary/aromatic N) is 1. The third-order valence-corrected chi connectivity index (χ3v) is 3.06. The van der Waals surface area contributed by atoms with E-state index in [1.165, 1.54) is 38.3 Å². The Morgan fingerprint density at radius 3 is 2.53 bits per heavy atom. The molecule has 0 unspecified atom stereocenters. The molecule has 0 atom stereocenters. The first kappa shape index (κ1) is 10.1. The second kappa shape index (κ2) is 4.43. The lowest BCUT2D eigenvalue weighted by Crippen LogP contribution is -2.07. The van der Waals surface area contributed by atoms with Gasteiger partial charge in [0.05, 0.1) is 5.56 Å². The van der Waals surface area contributed by atoms with Crippen LogP contribution in [0.1, 0.15) is 54.1 Å². The topological polar surface area (TPSA) is 50.2 Å². The largest absolute Gasteiger partial charge is 0.478 e. The molecule has 0 spiro atoms. The van der Waals surface area contributed by atoms with Crippen LogP contribution in [0.25, 0.3) is 0 Å². The maximum atomic E-state index is 10.6. The second-order valence-corrected chi connectivity index (χ2v) is 4.11. The van der Waals surface area contributed by atoms with Gasteiger partial charge in [-0.15, -0.1) is 0 Å². The Labute approximate surface area is 89.2 Å². The first-order chi connectivity index (χ1) is 7.27. The van der Waals surface area contributed by atoms with Gasteiger partial charge in [-0.1, -0.05) is 19.3 Å². The van der Waals surface area contributed by atoms with Gasteiger partial charge >= 0.3 is 5.97 Å². The first-order valence-electron chi connectivity index (χ1n) is 5.46. The molecule has 80 valence electrons. The Kier molecular flexibility index (Phi) is 2.99. The number of carboxylic acids is 1. The fourth-order valence-electron chi connectivity index (χ4n) is 2.17. The Balaban J connectivity index is 2.11. The molecule has 0 amide bonds. The molecule has 1 aromatic rings. The Morgan fingerprint density at radius 2 is 2.00 bits per heavy atom. The second-order valence-electron chi connectivity index (χ2n) is 4.11. The zero-order chi connectivity index (χ0) is 10.7.